The fourth-order valence-corrected chi connectivity index (χ4v) is 2.85. The van der Waals surface area contributed by atoms with Gasteiger partial charge in [0.05, 0.1) is 4.47 Å². The minimum atomic E-state index is -0.212. The molecule has 1 aromatic heterocycles. The molecular weight excluding hydrogens is 301 g/mol. The van der Waals surface area contributed by atoms with Crippen LogP contribution in [0.5, 0.6) is 0 Å². The van der Waals surface area contributed by atoms with Crippen molar-refractivity contribution in [1.82, 2.24) is 5.32 Å². The number of rotatable bonds is 4. The Labute approximate surface area is 113 Å². The van der Waals surface area contributed by atoms with Crippen molar-refractivity contribution in [3.63, 3.8) is 0 Å². The van der Waals surface area contributed by atoms with E-state index in [2.05, 4.69) is 38.9 Å². The predicted octanol–water partition coefficient (Wildman–Crippen LogP) is 4.25. The predicted molar refractivity (Wildman–Crippen MR) is 73.7 cm³/mol. The highest BCUT2D eigenvalue weighted by molar-refractivity contribution is 9.10. The van der Waals surface area contributed by atoms with E-state index in [1.165, 1.54) is 17.2 Å². The molecule has 17 heavy (non-hydrogen) atoms. The van der Waals surface area contributed by atoms with Gasteiger partial charge in [-0.3, -0.25) is 0 Å². The lowest BCUT2D eigenvalue weighted by Gasteiger charge is -2.07. The first-order chi connectivity index (χ1) is 8.18. The summed E-state index contributed by atoms with van der Waals surface area (Å²) >= 11 is 4.97. The van der Waals surface area contributed by atoms with E-state index in [-0.39, 0.29) is 5.82 Å². The third-order valence-electron chi connectivity index (χ3n) is 2.62. The molecular formula is C13H13BrFNS. The van der Waals surface area contributed by atoms with E-state index < -0.39 is 0 Å². The van der Waals surface area contributed by atoms with E-state index in [9.17, 15) is 4.39 Å². The maximum Gasteiger partial charge on any atom is 0.137 e. The SMILES string of the molecule is Cc1cscc1CNCc1cccc(F)c1Br. The van der Waals surface area contributed by atoms with Crippen LogP contribution < -0.4 is 5.32 Å². The van der Waals surface area contributed by atoms with Gasteiger partial charge in [-0.05, 0) is 56.4 Å². The van der Waals surface area contributed by atoms with Crippen molar-refractivity contribution in [2.45, 2.75) is 20.0 Å². The van der Waals surface area contributed by atoms with Gasteiger partial charge in [-0.1, -0.05) is 12.1 Å². The first-order valence-electron chi connectivity index (χ1n) is 5.33. The fourth-order valence-electron chi connectivity index (χ4n) is 1.58. The molecule has 0 atom stereocenters. The maximum atomic E-state index is 13.3. The highest BCUT2D eigenvalue weighted by atomic mass is 79.9. The first-order valence-corrected chi connectivity index (χ1v) is 7.07. The Balaban J connectivity index is 1.95. The highest BCUT2D eigenvalue weighted by Crippen LogP contribution is 2.20. The van der Waals surface area contributed by atoms with E-state index in [0.29, 0.717) is 11.0 Å². The number of hydrogen-bond donors (Lipinski definition) is 1. The summed E-state index contributed by atoms with van der Waals surface area (Å²) in [6, 6.07) is 5.10. The number of halogens is 2. The quantitative estimate of drug-likeness (QED) is 0.890. The maximum absolute atomic E-state index is 13.3. The van der Waals surface area contributed by atoms with E-state index in [1.807, 2.05) is 6.07 Å². The molecule has 0 saturated heterocycles. The van der Waals surface area contributed by atoms with Gasteiger partial charge in [-0.25, -0.2) is 4.39 Å². The third-order valence-corrected chi connectivity index (χ3v) is 4.42. The Morgan fingerprint density at radius 3 is 2.71 bits per heavy atom. The number of aryl methyl sites for hydroxylation is 1. The summed E-state index contributed by atoms with van der Waals surface area (Å²) in [6.07, 6.45) is 0. The van der Waals surface area contributed by atoms with Gasteiger partial charge in [0.15, 0.2) is 0 Å². The smallest absolute Gasteiger partial charge is 0.137 e. The molecule has 90 valence electrons. The molecule has 0 amide bonds. The second-order valence-electron chi connectivity index (χ2n) is 3.90. The Morgan fingerprint density at radius 2 is 2.00 bits per heavy atom. The van der Waals surface area contributed by atoms with Crippen LogP contribution in [0.4, 0.5) is 4.39 Å². The van der Waals surface area contributed by atoms with Gasteiger partial charge in [0.25, 0.3) is 0 Å². The number of thiophene rings is 1. The van der Waals surface area contributed by atoms with E-state index in [1.54, 1.807) is 17.4 Å². The summed E-state index contributed by atoms with van der Waals surface area (Å²) < 4.78 is 13.8. The first kappa shape index (κ1) is 12.7. The van der Waals surface area contributed by atoms with E-state index in [0.717, 1.165) is 12.1 Å². The molecule has 1 heterocycles. The monoisotopic (exact) mass is 313 g/mol. The van der Waals surface area contributed by atoms with Gasteiger partial charge in [-0.15, -0.1) is 0 Å². The van der Waals surface area contributed by atoms with Crippen molar-refractivity contribution in [2.24, 2.45) is 0 Å². The molecule has 4 heteroatoms. The molecule has 1 nitrogen and oxygen atoms in total. The number of hydrogen-bond acceptors (Lipinski definition) is 2. The number of benzene rings is 1. The van der Waals surface area contributed by atoms with Crippen LogP contribution in [0.1, 0.15) is 16.7 Å². The van der Waals surface area contributed by atoms with Crippen LogP contribution in [0, 0.1) is 12.7 Å². The summed E-state index contributed by atoms with van der Waals surface area (Å²) in [5.74, 6) is -0.212. The molecule has 0 fully saturated rings. The van der Waals surface area contributed by atoms with Crippen molar-refractivity contribution in [3.05, 3.63) is 55.9 Å². The van der Waals surface area contributed by atoms with E-state index >= 15 is 0 Å². The second kappa shape index (κ2) is 5.76. The lowest BCUT2D eigenvalue weighted by atomic mass is 10.2. The second-order valence-corrected chi connectivity index (χ2v) is 5.43. The lowest BCUT2D eigenvalue weighted by molar-refractivity contribution is 0.612. The molecule has 0 saturated carbocycles. The van der Waals surface area contributed by atoms with Gasteiger partial charge >= 0.3 is 0 Å². The molecule has 0 aliphatic rings. The van der Waals surface area contributed by atoms with Crippen LogP contribution in [0.15, 0.2) is 33.4 Å². The fraction of sp³-hybridized carbons (Fsp3) is 0.231. The molecule has 0 unspecified atom stereocenters. The zero-order valence-electron chi connectivity index (χ0n) is 9.47. The summed E-state index contributed by atoms with van der Waals surface area (Å²) in [6.45, 7) is 3.58. The van der Waals surface area contributed by atoms with E-state index in [4.69, 9.17) is 0 Å². The average molecular weight is 314 g/mol. The summed E-state index contributed by atoms with van der Waals surface area (Å²) in [5.41, 5.74) is 3.56. The molecule has 2 aromatic rings. The van der Waals surface area contributed by atoms with Gasteiger partial charge in [0.1, 0.15) is 5.82 Å². The molecule has 0 aliphatic carbocycles. The summed E-state index contributed by atoms with van der Waals surface area (Å²) in [4.78, 5) is 0. The zero-order valence-corrected chi connectivity index (χ0v) is 11.9. The third kappa shape index (κ3) is 3.15. The van der Waals surface area contributed by atoms with Crippen molar-refractivity contribution >= 4 is 27.3 Å². The van der Waals surface area contributed by atoms with Crippen LogP contribution in [0.25, 0.3) is 0 Å². The standard InChI is InChI=1S/C13H13BrFNS/c1-9-7-17-8-11(9)6-16-5-10-3-2-4-12(15)13(10)14/h2-4,7-8,16H,5-6H2,1H3. The molecule has 0 bridgehead atoms. The van der Waals surface area contributed by atoms with Crippen LogP contribution in [-0.2, 0) is 13.1 Å². The number of nitrogens with one attached hydrogen (secondary N) is 1. The molecule has 0 spiro atoms. The lowest BCUT2D eigenvalue weighted by Crippen LogP contribution is -2.13. The van der Waals surface area contributed by atoms with Crippen molar-refractivity contribution in [1.29, 1.82) is 0 Å². The minimum Gasteiger partial charge on any atom is -0.309 e. The zero-order chi connectivity index (χ0) is 12.3. The summed E-state index contributed by atoms with van der Waals surface area (Å²) in [5, 5.41) is 7.60. The molecule has 1 N–H and O–H groups in total. The largest absolute Gasteiger partial charge is 0.309 e. The van der Waals surface area contributed by atoms with Gasteiger partial charge in [-0.2, -0.15) is 11.3 Å². The Kier molecular flexibility index (Phi) is 4.31. The highest BCUT2D eigenvalue weighted by Gasteiger charge is 2.05. The van der Waals surface area contributed by atoms with Crippen LogP contribution in [-0.4, -0.2) is 0 Å². The van der Waals surface area contributed by atoms with Gasteiger partial charge in [0.2, 0.25) is 0 Å². The average Bonchev–Trinajstić information content (AvgIpc) is 2.71. The minimum absolute atomic E-state index is 0.212. The van der Waals surface area contributed by atoms with Crippen LogP contribution >= 0.6 is 27.3 Å². The van der Waals surface area contributed by atoms with Crippen molar-refractivity contribution in [2.75, 3.05) is 0 Å². The van der Waals surface area contributed by atoms with Crippen molar-refractivity contribution in [3.8, 4) is 0 Å². The summed E-state index contributed by atoms with van der Waals surface area (Å²) in [7, 11) is 0. The molecule has 2 rings (SSSR count). The Hall–Kier alpha value is -0.710. The normalized spacial score (nSPS) is 10.8. The Bertz CT molecular complexity index is 510. The molecule has 1 aromatic carbocycles. The van der Waals surface area contributed by atoms with Gasteiger partial charge in [0, 0.05) is 13.1 Å². The van der Waals surface area contributed by atoms with Crippen LogP contribution in [0.3, 0.4) is 0 Å². The molecule has 0 aliphatic heterocycles. The Morgan fingerprint density at radius 1 is 1.24 bits per heavy atom. The van der Waals surface area contributed by atoms with Crippen LogP contribution in [0.2, 0.25) is 0 Å². The van der Waals surface area contributed by atoms with Crippen molar-refractivity contribution < 1.29 is 4.39 Å². The molecule has 0 radical (unpaired) electrons. The topological polar surface area (TPSA) is 12.0 Å². The van der Waals surface area contributed by atoms with Gasteiger partial charge < -0.3 is 5.32 Å².